The van der Waals surface area contributed by atoms with E-state index < -0.39 is 12.1 Å². The summed E-state index contributed by atoms with van der Waals surface area (Å²) >= 11 is 4.78. The van der Waals surface area contributed by atoms with Gasteiger partial charge in [0.25, 0.3) is 0 Å². The molecule has 1 amide bonds. The zero-order valence-electron chi connectivity index (χ0n) is 15.2. The van der Waals surface area contributed by atoms with E-state index in [0.717, 1.165) is 24.4 Å². The van der Waals surface area contributed by atoms with Crippen molar-refractivity contribution in [1.82, 2.24) is 4.90 Å². The van der Waals surface area contributed by atoms with Crippen molar-refractivity contribution in [3.63, 3.8) is 0 Å². The summed E-state index contributed by atoms with van der Waals surface area (Å²) in [4.78, 5) is 12.8. The molecule has 0 aliphatic rings. The molecule has 0 heterocycles. The summed E-state index contributed by atoms with van der Waals surface area (Å²) in [5, 5.41) is 1.73. The van der Waals surface area contributed by atoms with E-state index in [2.05, 4.69) is 33.7 Å². The molecule has 0 bridgehead atoms. The van der Waals surface area contributed by atoms with Crippen molar-refractivity contribution in [3.05, 3.63) is 66.2 Å². The van der Waals surface area contributed by atoms with Crippen LogP contribution in [0.2, 0.25) is 0 Å². The molecule has 0 N–H and O–H groups in total. The molecular weight excluding hydrogens is 505 g/mol. The molecule has 0 fully saturated rings. The fourth-order valence-electron chi connectivity index (χ4n) is 2.96. The minimum absolute atomic E-state index is 0.0478. The second-order valence-corrected chi connectivity index (χ2v) is 8.28. The Bertz CT molecular complexity index is 1020. The van der Waals surface area contributed by atoms with Gasteiger partial charge in [-0.05, 0) is 0 Å². The molecule has 0 unspecified atom stereocenters. The Labute approximate surface area is 184 Å². The fraction of sp³-hybridized carbons (Fsp3) is 0.190. The molecule has 0 aliphatic carbocycles. The number of nitrogens with zero attached hydrogens (tertiary/aromatic N) is 1. The first-order valence-corrected chi connectivity index (χ1v) is 10.6. The van der Waals surface area contributed by atoms with Gasteiger partial charge in [0.15, 0.2) is 0 Å². The van der Waals surface area contributed by atoms with Crippen molar-refractivity contribution < 1.29 is 22.7 Å². The first-order valence-electron chi connectivity index (χ1n) is 8.74. The summed E-state index contributed by atoms with van der Waals surface area (Å²) in [5.74, 6) is -1.31. The van der Waals surface area contributed by atoms with Crippen molar-refractivity contribution in [1.29, 1.82) is 0 Å². The van der Waals surface area contributed by atoms with E-state index in [1.165, 1.54) is 0 Å². The van der Waals surface area contributed by atoms with E-state index in [1.54, 1.807) is 24.3 Å². The number of fused-ring (bicyclic) bond motifs is 1. The zero-order valence-corrected chi connectivity index (χ0v) is 18.9. The number of hydrogen-bond donors (Lipinski definition) is 0. The van der Waals surface area contributed by atoms with Gasteiger partial charge in [0.05, 0.1) is 0 Å². The summed E-state index contributed by atoms with van der Waals surface area (Å²) in [6.45, 7) is -0.382. The summed E-state index contributed by atoms with van der Waals surface area (Å²) in [7, 11) is 0. The summed E-state index contributed by atoms with van der Waals surface area (Å²) in [6, 6.07) is 18.2. The van der Waals surface area contributed by atoms with Gasteiger partial charge in [-0.25, -0.2) is 0 Å². The molecule has 148 valence electrons. The molecule has 4 radical (unpaired) electrons. The first-order chi connectivity index (χ1) is 13.8. The quantitative estimate of drug-likeness (QED) is 0.467. The molecule has 0 saturated heterocycles. The van der Waals surface area contributed by atoms with Gasteiger partial charge in [-0.3, -0.25) is 0 Å². The standard InChI is InChI=1S/C21H16As2F3NO2/c22-17-9-4-10-18(19(17)23)29-12-11-27(20(28)21(24,25)26)13-15-7-3-6-14-5-1-2-8-16(14)15/h1-10H,11-13H2. The molecule has 3 nitrogen and oxygen atoms in total. The van der Waals surface area contributed by atoms with E-state index in [-0.39, 0.29) is 19.7 Å². The minimum atomic E-state index is -4.95. The number of amides is 1. The van der Waals surface area contributed by atoms with E-state index >= 15 is 0 Å². The van der Waals surface area contributed by atoms with Gasteiger partial charge in [0, 0.05) is 0 Å². The Kier molecular flexibility index (Phi) is 6.97. The molecule has 29 heavy (non-hydrogen) atoms. The van der Waals surface area contributed by atoms with Crippen LogP contribution in [-0.2, 0) is 11.3 Å². The number of carbonyl (C=O) groups excluding carboxylic acids is 1. The van der Waals surface area contributed by atoms with Crippen LogP contribution in [0.5, 0.6) is 5.75 Å². The van der Waals surface area contributed by atoms with Crippen molar-refractivity contribution >= 4 is 59.1 Å². The Hall–Kier alpha value is -1.90. The predicted octanol–water partition coefficient (Wildman–Crippen LogP) is 2.40. The van der Waals surface area contributed by atoms with E-state index in [0.29, 0.717) is 11.3 Å². The number of rotatable bonds is 6. The van der Waals surface area contributed by atoms with Crippen LogP contribution in [0.15, 0.2) is 60.7 Å². The molecule has 3 aromatic carbocycles. The maximum atomic E-state index is 13.1. The predicted molar refractivity (Wildman–Crippen MR) is 108 cm³/mol. The van der Waals surface area contributed by atoms with Crippen molar-refractivity contribution in [2.75, 3.05) is 13.2 Å². The van der Waals surface area contributed by atoms with Crippen LogP contribution in [0.1, 0.15) is 5.56 Å². The van der Waals surface area contributed by atoms with Crippen LogP contribution < -0.4 is 13.4 Å². The van der Waals surface area contributed by atoms with Crippen LogP contribution in [0.25, 0.3) is 10.8 Å². The van der Waals surface area contributed by atoms with Gasteiger partial charge in [0.2, 0.25) is 0 Å². The molecular formula is C21H16As2F3NO2. The average Bonchev–Trinajstić information content (AvgIpc) is 2.69. The Balaban J connectivity index is 1.79. The van der Waals surface area contributed by atoms with Gasteiger partial charge >= 0.3 is 185 Å². The monoisotopic (exact) mass is 521 g/mol. The molecule has 0 saturated carbocycles. The van der Waals surface area contributed by atoms with Gasteiger partial charge in [-0.1, -0.05) is 0 Å². The second-order valence-electron chi connectivity index (χ2n) is 6.34. The van der Waals surface area contributed by atoms with Crippen LogP contribution in [0.3, 0.4) is 0 Å². The third kappa shape index (κ3) is 5.37. The van der Waals surface area contributed by atoms with Crippen LogP contribution >= 0.6 is 0 Å². The van der Waals surface area contributed by atoms with Gasteiger partial charge in [-0.2, -0.15) is 0 Å². The molecule has 8 heteroatoms. The number of carbonyl (C=O) groups is 1. The number of halogens is 3. The number of hydrogen-bond acceptors (Lipinski definition) is 2. The number of benzene rings is 3. The fourth-order valence-corrected chi connectivity index (χ4v) is 3.82. The van der Waals surface area contributed by atoms with Crippen molar-refractivity contribution in [2.45, 2.75) is 12.7 Å². The molecule has 3 rings (SSSR count). The number of ether oxygens (including phenoxy) is 1. The third-order valence-corrected chi connectivity index (χ3v) is 6.95. The maximum absolute atomic E-state index is 13.1. The molecule has 0 aromatic heterocycles. The summed E-state index contributed by atoms with van der Waals surface area (Å²) < 4.78 is 46.9. The first kappa shape index (κ1) is 21.8. The second kappa shape index (κ2) is 9.28. The zero-order chi connectivity index (χ0) is 21.0. The van der Waals surface area contributed by atoms with Crippen LogP contribution in [-0.4, -0.2) is 63.8 Å². The van der Waals surface area contributed by atoms with Crippen LogP contribution in [0, 0.1) is 0 Å². The third-order valence-electron chi connectivity index (χ3n) is 4.37. The normalized spacial score (nSPS) is 11.5. The van der Waals surface area contributed by atoms with Gasteiger partial charge in [-0.15, -0.1) is 0 Å². The van der Waals surface area contributed by atoms with Crippen molar-refractivity contribution in [2.24, 2.45) is 0 Å². The summed E-state index contributed by atoms with van der Waals surface area (Å²) in [6.07, 6.45) is -4.95. The number of alkyl halides is 3. The summed E-state index contributed by atoms with van der Waals surface area (Å²) in [5.41, 5.74) is 0.654. The molecule has 3 aromatic rings. The SMILES string of the molecule is O=C(N(CCOc1cccc([As])c1[As])Cc1cccc2ccccc12)C(F)(F)F. The Morgan fingerprint density at radius 1 is 0.966 bits per heavy atom. The molecule has 0 aliphatic heterocycles. The molecule has 0 atom stereocenters. The van der Waals surface area contributed by atoms with E-state index in [1.807, 2.05) is 36.4 Å². The Morgan fingerprint density at radius 3 is 2.41 bits per heavy atom. The van der Waals surface area contributed by atoms with Gasteiger partial charge in [0.1, 0.15) is 0 Å². The average molecular weight is 521 g/mol. The Morgan fingerprint density at radius 2 is 1.66 bits per heavy atom. The van der Waals surface area contributed by atoms with E-state index in [4.69, 9.17) is 4.74 Å². The molecule has 0 spiro atoms. The van der Waals surface area contributed by atoms with Gasteiger partial charge < -0.3 is 0 Å². The topological polar surface area (TPSA) is 29.5 Å². The van der Waals surface area contributed by atoms with Crippen molar-refractivity contribution in [3.8, 4) is 5.75 Å². The van der Waals surface area contributed by atoms with E-state index in [9.17, 15) is 18.0 Å². The van der Waals surface area contributed by atoms with Crippen LogP contribution in [0.4, 0.5) is 13.2 Å².